The zero-order chi connectivity index (χ0) is 22.7. The monoisotopic (exact) mass is 412 g/mol. The molecule has 0 unspecified atom stereocenters. The molecule has 5 rings (SSSR count). The molecule has 0 aliphatic carbocycles. The maximum atomic E-state index is 13.5. The molecule has 0 bridgehead atoms. The first-order chi connectivity index (χ1) is 15.1. The first kappa shape index (κ1) is 22.5. The summed E-state index contributed by atoms with van der Waals surface area (Å²) < 4.78 is 1.80. The summed E-state index contributed by atoms with van der Waals surface area (Å²) in [6, 6.07) is 18.2. The van der Waals surface area contributed by atoms with Gasteiger partial charge in [0.05, 0.1) is 11.2 Å². The second kappa shape index (κ2) is 9.30. The van der Waals surface area contributed by atoms with Crippen LogP contribution in [0.25, 0.3) is 44.2 Å². The molecule has 160 valence electrons. The number of nitrogens with zero attached hydrogens (tertiary/aromatic N) is 2. The lowest BCUT2D eigenvalue weighted by molar-refractivity contribution is 0.833. The maximum Gasteiger partial charge on any atom is 0.264 e. The lowest BCUT2D eigenvalue weighted by atomic mass is 9.99. The van der Waals surface area contributed by atoms with Crippen LogP contribution < -0.4 is 10.8 Å². The lowest BCUT2D eigenvalue weighted by Gasteiger charge is -2.16. The van der Waals surface area contributed by atoms with Gasteiger partial charge < -0.3 is 0 Å². The van der Waals surface area contributed by atoms with Crippen molar-refractivity contribution in [2.24, 2.45) is 0 Å². The van der Waals surface area contributed by atoms with Gasteiger partial charge in [0.25, 0.3) is 5.56 Å². The lowest BCUT2D eigenvalue weighted by Crippen LogP contribution is -2.20. The zero-order valence-corrected chi connectivity index (χ0v) is 19.7. The second-order valence-corrected chi connectivity index (χ2v) is 7.36. The Labute approximate surface area is 184 Å². The Kier molecular flexibility index (Phi) is 6.74. The zero-order valence-electron chi connectivity index (χ0n) is 19.7. The molecule has 0 saturated carbocycles. The van der Waals surface area contributed by atoms with E-state index in [1.54, 1.807) is 4.40 Å². The van der Waals surface area contributed by atoms with Crippen LogP contribution in [-0.4, -0.2) is 9.38 Å². The molecule has 0 radical (unpaired) electrons. The molecular weight excluding hydrogens is 380 g/mol. The van der Waals surface area contributed by atoms with Crippen LogP contribution in [-0.2, 0) is 0 Å². The Balaban J connectivity index is 0.000000645. The van der Waals surface area contributed by atoms with Gasteiger partial charge in [-0.3, -0.25) is 9.20 Å². The highest BCUT2D eigenvalue weighted by Crippen LogP contribution is 2.30. The fourth-order valence-corrected chi connectivity index (χ4v) is 4.23. The summed E-state index contributed by atoms with van der Waals surface area (Å²) in [5.41, 5.74) is 2.70. The SMILES string of the molecule is C/C=c1/cccc2c1c(C(C)C)nc1c3cccc4cccc(c(=O)n21)c43.CC.CC. The van der Waals surface area contributed by atoms with Gasteiger partial charge in [0.2, 0.25) is 0 Å². The molecule has 0 aliphatic rings. The third-order valence-corrected chi connectivity index (χ3v) is 5.45. The van der Waals surface area contributed by atoms with Crippen LogP contribution in [0.3, 0.4) is 0 Å². The molecule has 0 atom stereocenters. The summed E-state index contributed by atoms with van der Waals surface area (Å²) in [5.74, 6) is 0.256. The van der Waals surface area contributed by atoms with Gasteiger partial charge >= 0.3 is 0 Å². The van der Waals surface area contributed by atoms with E-state index in [9.17, 15) is 4.79 Å². The van der Waals surface area contributed by atoms with E-state index in [1.165, 1.54) is 0 Å². The first-order valence-corrected chi connectivity index (χ1v) is 11.4. The molecule has 0 amide bonds. The molecule has 5 aromatic rings. The molecule has 3 heteroatoms. The van der Waals surface area contributed by atoms with E-state index in [0.717, 1.165) is 49.0 Å². The van der Waals surface area contributed by atoms with E-state index >= 15 is 0 Å². The van der Waals surface area contributed by atoms with Gasteiger partial charge in [0.1, 0.15) is 5.65 Å². The molecule has 3 aromatic carbocycles. The molecule has 0 saturated heterocycles. The second-order valence-electron chi connectivity index (χ2n) is 7.36. The molecule has 3 nitrogen and oxygen atoms in total. The van der Waals surface area contributed by atoms with Crippen LogP contribution in [0.5, 0.6) is 0 Å². The minimum atomic E-state index is -0.00430. The van der Waals surface area contributed by atoms with Gasteiger partial charge in [-0.1, -0.05) is 90.1 Å². The average molecular weight is 413 g/mol. The minimum Gasteiger partial charge on any atom is -0.268 e. The van der Waals surface area contributed by atoms with Crippen molar-refractivity contribution in [3.05, 3.63) is 75.9 Å². The fraction of sp³-hybridized carbons (Fsp3) is 0.286. The minimum absolute atomic E-state index is 0.00430. The van der Waals surface area contributed by atoms with Crippen molar-refractivity contribution in [2.45, 2.75) is 54.4 Å². The van der Waals surface area contributed by atoms with Crippen LogP contribution in [0, 0.1) is 0 Å². The van der Waals surface area contributed by atoms with Gasteiger partial charge in [-0.2, -0.15) is 0 Å². The summed E-state index contributed by atoms with van der Waals surface area (Å²) in [7, 11) is 0. The smallest absolute Gasteiger partial charge is 0.264 e. The molecule has 0 fully saturated rings. The molecule has 0 aliphatic heterocycles. The van der Waals surface area contributed by atoms with E-state index < -0.39 is 0 Å². The number of hydrogen-bond acceptors (Lipinski definition) is 2. The van der Waals surface area contributed by atoms with Crippen LogP contribution >= 0.6 is 0 Å². The van der Waals surface area contributed by atoms with E-state index in [1.807, 2.05) is 65.0 Å². The number of aromatic nitrogens is 2. The number of pyridine rings is 1. The molecule has 0 N–H and O–H groups in total. The van der Waals surface area contributed by atoms with Crippen LogP contribution in [0.1, 0.15) is 60.1 Å². The summed E-state index contributed by atoms with van der Waals surface area (Å²) in [6.07, 6.45) is 2.09. The van der Waals surface area contributed by atoms with Crippen molar-refractivity contribution >= 4 is 44.2 Å². The summed E-state index contributed by atoms with van der Waals surface area (Å²) in [5, 5.41) is 6.03. The molecular formula is C28H32N2O. The average Bonchev–Trinajstić information content (AvgIpc) is 2.83. The van der Waals surface area contributed by atoms with Crippen molar-refractivity contribution in [3.63, 3.8) is 0 Å². The van der Waals surface area contributed by atoms with Crippen LogP contribution in [0.2, 0.25) is 0 Å². The van der Waals surface area contributed by atoms with Gasteiger partial charge in [0, 0.05) is 21.5 Å². The van der Waals surface area contributed by atoms with E-state index in [-0.39, 0.29) is 11.5 Å². The van der Waals surface area contributed by atoms with Crippen LogP contribution in [0.4, 0.5) is 0 Å². The highest BCUT2D eigenvalue weighted by molar-refractivity contribution is 6.14. The third-order valence-electron chi connectivity index (χ3n) is 5.45. The Morgan fingerprint density at radius 3 is 2.06 bits per heavy atom. The Hall–Kier alpha value is -3.20. The van der Waals surface area contributed by atoms with Gasteiger partial charge in [0.15, 0.2) is 0 Å². The van der Waals surface area contributed by atoms with Crippen molar-refractivity contribution in [2.75, 3.05) is 0 Å². The highest BCUT2D eigenvalue weighted by atomic mass is 16.1. The number of rotatable bonds is 1. The maximum absolute atomic E-state index is 13.5. The molecule has 31 heavy (non-hydrogen) atoms. The number of benzene rings is 3. The fourth-order valence-electron chi connectivity index (χ4n) is 4.23. The van der Waals surface area contributed by atoms with E-state index in [4.69, 9.17) is 4.98 Å². The van der Waals surface area contributed by atoms with Crippen LogP contribution in [0.15, 0.2) is 59.4 Å². The van der Waals surface area contributed by atoms with Gasteiger partial charge in [-0.05, 0) is 35.6 Å². The number of fused-ring (bicyclic) bond motifs is 4. The van der Waals surface area contributed by atoms with Crippen molar-refractivity contribution < 1.29 is 0 Å². The first-order valence-electron chi connectivity index (χ1n) is 11.4. The normalized spacial score (nSPS) is 11.7. The largest absolute Gasteiger partial charge is 0.268 e. The predicted octanol–water partition coefficient (Wildman–Crippen LogP) is 6.85. The van der Waals surface area contributed by atoms with Gasteiger partial charge in [-0.15, -0.1) is 0 Å². The molecule has 2 heterocycles. The van der Waals surface area contributed by atoms with Crippen molar-refractivity contribution in [1.29, 1.82) is 0 Å². The third kappa shape index (κ3) is 3.48. The number of hydrogen-bond donors (Lipinski definition) is 0. The quantitative estimate of drug-likeness (QED) is 0.223. The van der Waals surface area contributed by atoms with Gasteiger partial charge in [-0.25, -0.2) is 4.98 Å². The Morgan fingerprint density at radius 1 is 0.839 bits per heavy atom. The highest BCUT2D eigenvalue weighted by Gasteiger charge is 2.17. The molecule has 2 aromatic heterocycles. The Bertz CT molecular complexity index is 1470. The van der Waals surface area contributed by atoms with E-state index in [0.29, 0.717) is 0 Å². The van der Waals surface area contributed by atoms with Crippen molar-refractivity contribution in [1.82, 2.24) is 9.38 Å². The van der Waals surface area contributed by atoms with Crippen molar-refractivity contribution in [3.8, 4) is 0 Å². The standard InChI is InChI=1S/C24H20N2O.2C2H6/c1-4-15-8-7-13-19-21(15)22(14(2)3)25-23-17-11-5-9-16-10-6-12-18(20(16)17)24(27)26(19)23;2*1-2/h4-14H,1-3H3;2*1-2H3/b15-4-;;. The summed E-state index contributed by atoms with van der Waals surface area (Å²) in [6.45, 7) is 14.3. The topological polar surface area (TPSA) is 34.4 Å². The summed E-state index contributed by atoms with van der Waals surface area (Å²) in [4.78, 5) is 18.5. The predicted molar refractivity (Wildman–Crippen MR) is 136 cm³/mol. The summed E-state index contributed by atoms with van der Waals surface area (Å²) >= 11 is 0. The molecule has 0 spiro atoms. The van der Waals surface area contributed by atoms with E-state index in [2.05, 4.69) is 44.2 Å². The Morgan fingerprint density at radius 2 is 1.45 bits per heavy atom.